The van der Waals surface area contributed by atoms with Crippen molar-refractivity contribution in [3.63, 3.8) is 0 Å². The molecule has 0 saturated heterocycles. The SMILES string of the molecule is Cc1[nH]c(=O)c(C#N)c(C)c1CCC(=O)O[C@@H](C)C(=O)N(C)Cc1ccccc1. The number of benzene rings is 1. The van der Waals surface area contributed by atoms with Crippen molar-refractivity contribution in [3.05, 3.63) is 68.6 Å². The van der Waals surface area contributed by atoms with Crippen molar-refractivity contribution in [1.82, 2.24) is 9.88 Å². The van der Waals surface area contributed by atoms with E-state index >= 15 is 0 Å². The van der Waals surface area contributed by atoms with Gasteiger partial charge in [0.15, 0.2) is 6.10 Å². The number of pyridine rings is 1. The molecule has 29 heavy (non-hydrogen) atoms. The van der Waals surface area contributed by atoms with Gasteiger partial charge in [0, 0.05) is 25.7 Å². The number of hydrogen-bond acceptors (Lipinski definition) is 5. The molecule has 0 fully saturated rings. The molecule has 0 aliphatic heterocycles. The van der Waals surface area contributed by atoms with Crippen molar-refractivity contribution in [3.8, 4) is 6.07 Å². The zero-order chi connectivity index (χ0) is 21.6. The van der Waals surface area contributed by atoms with Crippen LogP contribution >= 0.6 is 0 Å². The maximum atomic E-state index is 12.5. The van der Waals surface area contributed by atoms with Gasteiger partial charge in [-0.1, -0.05) is 30.3 Å². The van der Waals surface area contributed by atoms with Crippen LogP contribution in [0, 0.1) is 25.2 Å². The number of carbonyl (C=O) groups is 2. The first-order valence-corrected chi connectivity index (χ1v) is 9.35. The van der Waals surface area contributed by atoms with E-state index in [4.69, 9.17) is 10.00 Å². The summed E-state index contributed by atoms with van der Waals surface area (Å²) in [7, 11) is 1.66. The summed E-state index contributed by atoms with van der Waals surface area (Å²) in [5.74, 6) is -0.798. The van der Waals surface area contributed by atoms with Crippen LogP contribution in [0.4, 0.5) is 0 Å². The van der Waals surface area contributed by atoms with Crippen molar-refractivity contribution in [2.75, 3.05) is 7.05 Å². The molecular weight excluding hydrogens is 370 g/mol. The molecule has 1 N–H and O–H groups in total. The first-order chi connectivity index (χ1) is 13.7. The van der Waals surface area contributed by atoms with Gasteiger partial charge in [0.1, 0.15) is 11.6 Å². The average molecular weight is 395 g/mol. The lowest BCUT2D eigenvalue weighted by Crippen LogP contribution is -2.37. The third kappa shape index (κ3) is 5.55. The van der Waals surface area contributed by atoms with Crippen LogP contribution in [-0.2, 0) is 27.3 Å². The number of carbonyl (C=O) groups excluding carboxylic acids is 2. The molecule has 0 radical (unpaired) electrons. The zero-order valence-electron chi connectivity index (χ0n) is 17.1. The molecule has 7 nitrogen and oxygen atoms in total. The first-order valence-electron chi connectivity index (χ1n) is 9.35. The van der Waals surface area contributed by atoms with Gasteiger partial charge in [0.2, 0.25) is 0 Å². The molecule has 1 aromatic carbocycles. The van der Waals surface area contributed by atoms with E-state index in [-0.39, 0.29) is 17.9 Å². The number of aryl methyl sites for hydroxylation is 1. The largest absolute Gasteiger partial charge is 0.453 e. The Labute approximate surface area is 169 Å². The van der Waals surface area contributed by atoms with E-state index in [2.05, 4.69) is 4.98 Å². The minimum absolute atomic E-state index is 0.0403. The molecule has 7 heteroatoms. The standard InChI is InChI=1S/C22H25N3O4/c1-14-18(15(2)24-21(27)19(14)12-23)10-11-20(26)29-16(3)22(28)25(4)13-17-8-6-5-7-9-17/h5-9,16H,10-11,13H2,1-4H3,(H,24,27)/t16-/m0/s1. The zero-order valence-corrected chi connectivity index (χ0v) is 17.1. The Kier molecular flexibility index (Phi) is 7.32. The Morgan fingerprint density at radius 2 is 1.90 bits per heavy atom. The van der Waals surface area contributed by atoms with Gasteiger partial charge >= 0.3 is 5.97 Å². The number of aromatic nitrogens is 1. The molecule has 1 atom stereocenters. The summed E-state index contributed by atoms with van der Waals surface area (Å²) in [6.45, 7) is 5.38. The summed E-state index contributed by atoms with van der Waals surface area (Å²) in [4.78, 5) is 40.6. The highest BCUT2D eigenvalue weighted by molar-refractivity contribution is 5.83. The van der Waals surface area contributed by atoms with Gasteiger partial charge < -0.3 is 14.6 Å². The van der Waals surface area contributed by atoms with E-state index in [1.807, 2.05) is 36.4 Å². The molecule has 1 aromatic heterocycles. The van der Waals surface area contributed by atoms with Gasteiger partial charge in [-0.05, 0) is 43.9 Å². The van der Waals surface area contributed by atoms with Crippen molar-refractivity contribution in [1.29, 1.82) is 5.26 Å². The lowest BCUT2D eigenvalue weighted by atomic mass is 9.99. The Morgan fingerprint density at radius 1 is 1.24 bits per heavy atom. The molecule has 1 amide bonds. The van der Waals surface area contributed by atoms with E-state index in [9.17, 15) is 14.4 Å². The highest BCUT2D eigenvalue weighted by Gasteiger charge is 2.22. The number of nitriles is 1. The second kappa shape index (κ2) is 9.69. The number of esters is 1. The molecule has 2 aromatic rings. The van der Waals surface area contributed by atoms with Crippen molar-refractivity contribution in [2.45, 2.75) is 46.3 Å². The number of hydrogen-bond donors (Lipinski definition) is 1. The summed E-state index contributed by atoms with van der Waals surface area (Å²) in [5.41, 5.74) is 2.51. The Bertz CT molecular complexity index is 990. The normalized spacial score (nSPS) is 11.4. The molecule has 2 rings (SSSR count). The van der Waals surface area contributed by atoms with Crippen molar-refractivity contribution in [2.24, 2.45) is 0 Å². The maximum absolute atomic E-state index is 12.5. The maximum Gasteiger partial charge on any atom is 0.306 e. The summed E-state index contributed by atoms with van der Waals surface area (Å²) in [6, 6.07) is 11.4. The number of rotatable bonds is 7. The van der Waals surface area contributed by atoms with E-state index in [1.54, 1.807) is 27.8 Å². The lowest BCUT2D eigenvalue weighted by molar-refractivity contribution is -0.158. The predicted molar refractivity (Wildman–Crippen MR) is 108 cm³/mol. The number of amides is 1. The number of nitrogens with zero attached hydrogens (tertiary/aromatic N) is 2. The van der Waals surface area contributed by atoms with Gasteiger partial charge in [0.05, 0.1) is 0 Å². The molecule has 0 unspecified atom stereocenters. The van der Waals surface area contributed by atoms with Crippen LogP contribution < -0.4 is 5.56 Å². The highest BCUT2D eigenvalue weighted by Crippen LogP contribution is 2.15. The third-order valence-corrected chi connectivity index (χ3v) is 4.79. The molecule has 152 valence electrons. The smallest absolute Gasteiger partial charge is 0.306 e. The van der Waals surface area contributed by atoms with Crippen LogP contribution in [0.5, 0.6) is 0 Å². The van der Waals surface area contributed by atoms with E-state index in [1.165, 1.54) is 4.90 Å². The van der Waals surface area contributed by atoms with Crippen LogP contribution in [0.2, 0.25) is 0 Å². The van der Waals surface area contributed by atoms with E-state index in [0.29, 0.717) is 24.2 Å². The number of nitrogens with one attached hydrogen (secondary N) is 1. The molecule has 0 aliphatic rings. The molecular formula is C22H25N3O4. The minimum Gasteiger partial charge on any atom is -0.453 e. The Morgan fingerprint density at radius 3 is 2.52 bits per heavy atom. The number of aromatic amines is 1. The van der Waals surface area contributed by atoms with E-state index in [0.717, 1.165) is 11.1 Å². The number of likely N-dealkylation sites (N-methyl/N-ethyl adjacent to an activating group) is 1. The third-order valence-electron chi connectivity index (χ3n) is 4.79. The summed E-state index contributed by atoms with van der Waals surface area (Å²) in [6.07, 6.45) is -0.551. The Hall–Kier alpha value is -3.40. The van der Waals surface area contributed by atoms with Gasteiger partial charge in [0.25, 0.3) is 11.5 Å². The van der Waals surface area contributed by atoms with Gasteiger partial charge in [-0.15, -0.1) is 0 Å². The highest BCUT2D eigenvalue weighted by atomic mass is 16.5. The number of ether oxygens (including phenoxy) is 1. The van der Waals surface area contributed by atoms with Crippen LogP contribution in [0.1, 0.15) is 41.3 Å². The van der Waals surface area contributed by atoms with Crippen molar-refractivity contribution >= 4 is 11.9 Å². The fourth-order valence-electron chi connectivity index (χ4n) is 3.20. The van der Waals surface area contributed by atoms with Crippen LogP contribution in [0.15, 0.2) is 35.1 Å². The van der Waals surface area contributed by atoms with Gasteiger partial charge in [-0.25, -0.2) is 0 Å². The molecule has 1 heterocycles. The Balaban J connectivity index is 1.95. The average Bonchev–Trinajstić information content (AvgIpc) is 2.67. The second-order valence-corrected chi connectivity index (χ2v) is 6.98. The van der Waals surface area contributed by atoms with Crippen molar-refractivity contribution < 1.29 is 14.3 Å². The minimum atomic E-state index is -0.899. The molecule has 0 bridgehead atoms. The molecule has 0 saturated carbocycles. The summed E-state index contributed by atoms with van der Waals surface area (Å²) >= 11 is 0. The van der Waals surface area contributed by atoms with Gasteiger partial charge in [-0.2, -0.15) is 5.26 Å². The molecule has 0 spiro atoms. The quantitative estimate of drug-likeness (QED) is 0.725. The predicted octanol–water partition coefficient (Wildman–Crippen LogP) is 2.39. The fraction of sp³-hybridized carbons (Fsp3) is 0.364. The van der Waals surface area contributed by atoms with Crippen LogP contribution in [0.25, 0.3) is 0 Å². The topological polar surface area (TPSA) is 103 Å². The monoisotopic (exact) mass is 395 g/mol. The summed E-state index contributed by atoms with van der Waals surface area (Å²) in [5, 5.41) is 9.13. The molecule has 0 aliphatic carbocycles. The fourth-order valence-corrected chi connectivity index (χ4v) is 3.20. The van der Waals surface area contributed by atoms with Crippen LogP contribution in [-0.4, -0.2) is 34.9 Å². The first kappa shape index (κ1) is 21.9. The van der Waals surface area contributed by atoms with Crippen LogP contribution in [0.3, 0.4) is 0 Å². The van der Waals surface area contributed by atoms with Gasteiger partial charge in [-0.3, -0.25) is 14.4 Å². The second-order valence-electron chi connectivity index (χ2n) is 6.98. The van der Waals surface area contributed by atoms with E-state index < -0.39 is 17.6 Å². The summed E-state index contributed by atoms with van der Waals surface area (Å²) < 4.78 is 5.29. The lowest BCUT2D eigenvalue weighted by Gasteiger charge is -2.21. The number of H-pyrrole nitrogens is 1.